The lowest BCUT2D eigenvalue weighted by Crippen LogP contribution is -2.04. The first-order chi connectivity index (χ1) is 8.95. The summed E-state index contributed by atoms with van der Waals surface area (Å²) >= 11 is 0. The summed E-state index contributed by atoms with van der Waals surface area (Å²) in [6.07, 6.45) is 7.91. The second-order valence-corrected chi connectivity index (χ2v) is 6.20. The maximum absolute atomic E-state index is 2.34. The summed E-state index contributed by atoms with van der Waals surface area (Å²) in [5.41, 5.74) is 0. The highest BCUT2D eigenvalue weighted by molar-refractivity contribution is 8.00. The predicted molar refractivity (Wildman–Crippen MR) is 78.6 cm³/mol. The van der Waals surface area contributed by atoms with E-state index < -0.39 is 0 Å². The smallest absolute Gasteiger partial charge is 0.0756 e. The van der Waals surface area contributed by atoms with E-state index in [-0.39, 0.29) is 10.9 Å². The van der Waals surface area contributed by atoms with Crippen molar-refractivity contribution in [2.45, 2.75) is 16.2 Å². The van der Waals surface area contributed by atoms with Crippen molar-refractivity contribution >= 4 is 10.9 Å². The predicted octanol–water partition coefficient (Wildman–Crippen LogP) is 4.57. The maximum atomic E-state index is 2.34. The highest BCUT2D eigenvalue weighted by atomic mass is 32.2. The lowest BCUT2D eigenvalue weighted by molar-refractivity contribution is 1.38. The Labute approximate surface area is 111 Å². The third-order valence-corrected chi connectivity index (χ3v) is 5.19. The molecule has 0 N–H and O–H groups in total. The molecule has 1 aliphatic rings. The number of allylic oxidation sites excluding steroid dienone is 3. The summed E-state index contributed by atoms with van der Waals surface area (Å²) in [7, 11) is 0.0477. The third kappa shape index (κ3) is 2.27. The van der Waals surface area contributed by atoms with Crippen LogP contribution >= 0.6 is 0 Å². The molecule has 0 aromatic heterocycles. The van der Waals surface area contributed by atoms with E-state index in [0.29, 0.717) is 0 Å². The molecule has 0 fully saturated rings. The Morgan fingerprint density at radius 2 is 1.28 bits per heavy atom. The molecule has 2 aromatic carbocycles. The zero-order valence-electron chi connectivity index (χ0n) is 10.1. The van der Waals surface area contributed by atoms with Crippen LogP contribution in [0.25, 0.3) is 0 Å². The Hall–Kier alpha value is -1.73. The zero-order valence-corrected chi connectivity index (χ0v) is 10.9. The molecule has 0 saturated heterocycles. The van der Waals surface area contributed by atoms with Gasteiger partial charge < -0.3 is 0 Å². The van der Waals surface area contributed by atoms with E-state index in [0.717, 1.165) is 6.42 Å². The highest BCUT2D eigenvalue weighted by Crippen LogP contribution is 2.32. The molecule has 0 saturated carbocycles. The minimum atomic E-state index is 0.0477. The first-order valence-electron chi connectivity index (χ1n) is 6.16. The number of rotatable bonds is 3. The molecule has 0 bridgehead atoms. The average Bonchev–Trinajstić information content (AvgIpc) is 2.95. The van der Waals surface area contributed by atoms with Gasteiger partial charge in [-0.3, -0.25) is 0 Å². The SMILES string of the molecule is C1=CC([S+](c2ccccc2)c2ccccc2)=CC1. The van der Waals surface area contributed by atoms with Gasteiger partial charge in [-0.2, -0.15) is 0 Å². The van der Waals surface area contributed by atoms with E-state index in [9.17, 15) is 0 Å². The summed E-state index contributed by atoms with van der Waals surface area (Å²) in [6, 6.07) is 21.5. The molecule has 0 unspecified atom stereocenters. The van der Waals surface area contributed by atoms with Crippen molar-refractivity contribution in [2.75, 3.05) is 0 Å². The van der Waals surface area contributed by atoms with Crippen LogP contribution in [0.3, 0.4) is 0 Å². The lowest BCUT2D eigenvalue weighted by atomic mass is 10.4. The van der Waals surface area contributed by atoms with Gasteiger partial charge in [-0.25, -0.2) is 0 Å². The van der Waals surface area contributed by atoms with Crippen LogP contribution in [0.1, 0.15) is 6.42 Å². The summed E-state index contributed by atoms with van der Waals surface area (Å²) < 4.78 is 0. The van der Waals surface area contributed by atoms with Crippen molar-refractivity contribution in [3.63, 3.8) is 0 Å². The molecule has 0 atom stereocenters. The second kappa shape index (κ2) is 5.28. The maximum Gasteiger partial charge on any atom is 0.166 e. The molecule has 0 aliphatic heterocycles. The van der Waals surface area contributed by atoms with Gasteiger partial charge in [0.1, 0.15) is 0 Å². The van der Waals surface area contributed by atoms with Crippen LogP contribution in [-0.2, 0) is 10.9 Å². The van der Waals surface area contributed by atoms with E-state index in [2.05, 4.69) is 78.9 Å². The van der Waals surface area contributed by atoms with E-state index >= 15 is 0 Å². The average molecular weight is 251 g/mol. The number of hydrogen-bond donors (Lipinski definition) is 0. The highest BCUT2D eigenvalue weighted by Gasteiger charge is 2.29. The van der Waals surface area contributed by atoms with Gasteiger partial charge >= 0.3 is 0 Å². The Balaban J connectivity index is 2.07. The Bertz CT molecular complexity index is 528. The van der Waals surface area contributed by atoms with Crippen LogP contribution in [0.4, 0.5) is 0 Å². The van der Waals surface area contributed by atoms with Gasteiger partial charge in [0.25, 0.3) is 0 Å². The number of benzene rings is 2. The van der Waals surface area contributed by atoms with Crippen molar-refractivity contribution in [2.24, 2.45) is 0 Å². The molecule has 1 heteroatoms. The molecule has 3 rings (SSSR count). The fourth-order valence-electron chi connectivity index (χ4n) is 2.11. The summed E-state index contributed by atoms with van der Waals surface area (Å²) in [6.45, 7) is 0. The third-order valence-electron chi connectivity index (χ3n) is 2.93. The van der Waals surface area contributed by atoms with Crippen molar-refractivity contribution in [1.82, 2.24) is 0 Å². The molecule has 1 aliphatic carbocycles. The van der Waals surface area contributed by atoms with E-state index in [1.165, 1.54) is 14.7 Å². The Kier molecular flexibility index (Phi) is 3.33. The summed E-state index contributed by atoms with van der Waals surface area (Å²) in [5, 5.41) is 0. The van der Waals surface area contributed by atoms with E-state index in [1.54, 1.807) is 0 Å². The molecule has 18 heavy (non-hydrogen) atoms. The van der Waals surface area contributed by atoms with Gasteiger partial charge in [0.15, 0.2) is 14.7 Å². The van der Waals surface area contributed by atoms with Gasteiger partial charge in [0.05, 0.1) is 10.9 Å². The van der Waals surface area contributed by atoms with Crippen LogP contribution in [0, 0.1) is 0 Å². The molecular weight excluding hydrogens is 236 g/mol. The van der Waals surface area contributed by atoms with Gasteiger partial charge in [0, 0.05) is 0 Å². The van der Waals surface area contributed by atoms with E-state index in [4.69, 9.17) is 0 Å². The normalized spacial score (nSPS) is 13.9. The van der Waals surface area contributed by atoms with Crippen molar-refractivity contribution in [1.29, 1.82) is 0 Å². The van der Waals surface area contributed by atoms with Gasteiger partial charge in [-0.15, -0.1) is 0 Å². The standard InChI is InChI=1S/C17H15S/c1-3-9-15(10-4-1)18(17-13-7-8-14-17)16-11-5-2-6-12-16/h1-7,9-14H,8H2/q+1. The Morgan fingerprint density at radius 3 is 1.72 bits per heavy atom. The molecule has 0 amide bonds. The molecule has 0 heterocycles. The fraction of sp³-hybridized carbons (Fsp3) is 0.0588. The van der Waals surface area contributed by atoms with Gasteiger partial charge in [-0.1, -0.05) is 42.5 Å². The monoisotopic (exact) mass is 251 g/mol. The largest absolute Gasteiger partial charge is 0.166 e. The van der Waals surface area contributed by atoms with Gasteiger partial charge in [-0.05, 0) is 42.8 Å². The topological polar surface area (TPSA) is 0 Å². The second-order valence-electron chi connectivity index (χ2n) is 4.18. The summed E-state index contributed by atoms with van der Waals surface area (Å²) in [4.78, 5) is 4.22. The minimum Gasteiger partial charge on any atom is -0.0756 e. The quantitative estimate of drug-likeness (QED) is 0.701. The van der Waals surface area contributed by atoms with Crippen LogP contribution < -0.4 is 0 Å². The molecule has 0 nitrogen and oxygen atoms in total. The lowest BCUT2D eigenvalue weighted by Gasteiger charge is -2.06. The first-order valence-corrected chi connectivity index (χ1v) is 7.39. The van der Waals surface area contributed by atoms with Crippen molar-refractivity contribution in [3.8, 4) is 0 Å². The molecule has 0 spiro atoms. The zero-order chi connectivity index (χ0) is 12.2. The molecule has 0 radical (unpaired) electrons. The van der Waals surface area contributed by atoms with Crippen LogP contribution in [0.2, 0.25) is 0 Å². The first kappa shape index (κ1) is 11.4. The van der Waals surface area contributed by atoms with Crippen LogP contribution in [0.5, 0.6) is 0 Å². The number of hydrogen-bond acceptors (Lipinski definition) is 0. The van der Waals surface area contributed by atoms with Crippen LogP contribution in [-0.4, -0.2) is 0 Å². The van der Waals surface area contributed by atoms with Crippen molar-refractivity contribution in [3.05, 3.63) is 83.8 Å². The van der Waals surface area contributed by atoms with E-state index in [1.807, 2.05) is 0 Å². The summed E-state index contributed by atoms with van der Waals surface area (Å²) in [5.74, 6) is 0. The molecule has 88 valence electrons. The van der Waals surface area contributed by atoms with Crippen molar-refractivity contribution < 1.29 is 0 Å². The minimum absolute atomic E-state index is 0.0477. The fourth-order valence-corrected chi connectivity index (χ4v) is 4.28. The van der Waals surface area contributed by atoms with Crippen LogP contribution in [0.15, 0.2) is 93.6 Å². The molecule has 2 aromatic rings. The molecular formula is C17H15S+. The Morgan fingerprint density at radius 1 is 0.722 bits per heavy atom. The van der Waals surface area contributed by atoms with Gasteiger partial charge in [0.2, 0.25) is 0 Å².